The molecule has 0 unspecified atom stereocenters. The van der Waals surface area contributed by atoms with Crippen LogP contribution in [-0.4, -0.2) is 18.9 Å². The Bertz CT molecular complexity index is 652. The van der Waals surface area contributed by atoms with Crippen molar-refractivity contribution in [3.05, 3.63) is 65.5 Å². The van der Waals surface area contributed by atoms with Gasteiger partial charge in [0.1, 0.15) is 11.6 Å². The Hall–Kier alpha value is -2.89. The van der Waals surface area contributed by atoms with Gasteiger partial charge >= 0.3 is 11.8 Å². The number of nitrogen functional groups attached to an aromatic ring is 1. The summed E-state index contributed by atoms with van der Waals surface area (Å²) in [5, 5.41) is 2.36. The van der Waals surface area contributed by atoms with E-state index in [1.54, 1.807) is 31.4 Å². The van der Waals surface area contributed by atoms with Gasteiger partial charge in [0.25, 0.3) is 0 Å². The molecule has 0 aliphatic heterocycles. The van der Waals surface area contributed by atoms with Gasteiger partial charge in [-0.2, -0.15) is 0 Å². The van der Waals surface area contributed by atoms with Crippen molar-refractivity contribution in [3.8, 4) is 5.75 Å². The van der Waals surface area contributed by atoms with Gasteiger partial charge in [-0.25, -0.2) is 9.18 Å². The second-order valence-electron chi connectivity index (χ2n) is 4.14. The molecule has 2 aromatic carbocycles. The molecule has 3 N–H and O–H groups in total. The number of nitrogens with one attached hydrogen (secondary N) is 1. The van der Waals surface area contributed by atoms with Gasteiger partial charge in [0, 0.05) is 0 Å². The van der Waals surface area contributed by atoms with E-state index in [9.17, 15) is 9.18 Å². The Morgan fingerprint density at radius 1 is 1.05 bits per heavy atom. The van der Waals surface area contributed by atoms with Crippen LogP contribution in [0.2, 0.25) is 0 Å². The Balaban J connectivity index is 2.05. The molecule has 0 amide bonds. The molecule has 0 heterocycles. The van der Waals surface area contributed by atoms with E-state index in [1.807, 2.05) is 0 Å². The Morgan fingerprint density at radius 2 is 1.62 bits per heavy atom. The molecule has 2 aromatic rings. The first kappa shape index (κ1) is 14.5. The summed E-state index contributed by atoms with van der Waals surface area (Å²) in [5.41, 5.74) is 6.62. The highest BCUT2D eigenvalue weighted by molar-refractivity contribution is 5.93. The standard InChI is InChI=1S/C15H13FN2O3/c1-20-13-8-4-10(5-9-13)14(17)18-21-15(19)11-2-6-12(16)7-3-11/h2-9H,1H3,(H2,17,18)/p+1. The highest BCUT2D eigenvalue weighted by atomic mass is 19.1. The van der Waals surface area contributed by atoms with Crippen LogP contribution in [0.25, 0.3) is 0 Å². The first-order chi connectivity index (χ1) is 10.1. The maximum Gasteiger partial charge on any atom is 0.387 e. The van der Waals surface area contributed by atoms with Crippen LogP contribution in [0.1, 0.15) is 15.9 Å². The number of benzene rings is 2. The van der Waals surface area contributed by atoms with Crippen molar-refractivity contribution in [2.24, 2.45) is 5.73 Å². The normalized spacial score (nSPS) is 11.0. The van der Waals surface area contributed by atoms with E-state index >= 15 is 0 Å². The van der Waals surface area contributed by atoms with Gasteiger partial charge in [0.2, 0.25) is 0 Å². The minimum atomic E-state index is -0.661. The maximum atomic E-state index is 12.7. The van der Waals surface area contributed by atoms with Crippen molar-refractivity contribution < 1.29 is 23.9 Å². The number of halogens is 1. The minimum Gasteiger partial charge on any atom is -0.497 e. The Morgan fingerprint density at radius 3 is 2.19 bits per heavy atom. The third-order valence-electron chi connectivity index (χ3n) is 2.73. The molecule has 0 radical (unpaired) electrons. The van der Waals surface area contributed by atoms with Gasteiger partial charge in [-0.15, -0.1) is 0 Å². The van der Waals surface area contributed by atoms with Crippen molar-refractivity contribution in [1.82, 2.24) is 0 Å². The van der Waals surface area contributed by atoms with Gasteiger partial charge in [-0.3, -0.25) is 10.6 Å². The fraction of sp³-hybridized carbons (Fsp3) is 0.0667. The fourth-order valence-electron chi connectivity index (χ4n) is 1.58. The van der Waals surface area contributed by atoms with Crippen LogP contribution >= 0.6 is 0 Å². The fourth-order valence-corrected chi connectivity index (χ4v) is 1.58. The minimum absolute atomic E-state index is 0.174. The van der Waals surface area contributed by atoms with Crippen LogP contribution in [-0.2, 0) is 4.84 Å². The molecule has 0 spiro atoms. The topological polar surface area (TPSA) is 75.5 Å². The number of hydrogen-bond donors (Lipinski definition) is 2. The summed E-state index contributed by atoms with van der Waals surface area (Å²) in [7, 11) is 1.56. The molecule has 0 saturated heterocycles. The molecule has 2 rings (SSSR count). The average Bonchev–Trinajstić information content (AvgIpc) is 2.53. The molecule has 5 nitrogen and oxygen atoms in total. The zero-order chi connectivity index (χ0) is 15.2. The van der Waals surface area contributed by atoms with Gasteiger partial charge < -0.3 is 4.74 Å². The molecule has 0 aliphatic carbocycles. The zero-order valence-electron chi connectivity index (χ0n) is 11.3. The number of hydrogen-bond acceptors (Lipinski definition) is 3. The molecule has 0 aliphatic rings. The second-order valence-corrected chi connectivity index (χ2v) is 4.14. The highest BCUT2D eigenvalue weighted by Crippen LogP contribution is 2.10. The zero-order valence-corrected chi connectivity index (χ0v) is 11.3. The molecule has 0 saturated carbocycles. The largest absolute Gasteiger partial charge is 0.497 e. The number of rotatable bonds is 4. The van der Waals surface area contributed by atoms with Crippen LogP contribution in [0.5, 0.6) is 5.75 Å². The second kappa shape index (κ2) is 6.51. The number of carbonyl (C=O) groups is 1. The number of carbonyl (C=O) groups excluding carboxylic acids is 1. The molecular formula is C15H14FN2O3+. The molecule has 0 aromatic heterocycles. The lowest BCUT2D eigenvalue weighted by Crippen LogP contribution is -2.75. The SMILES string of the molecule is COc1ccc(C(N)=[NH+]OC(=O)c2ccc(F)cc2)cc1. The van der Waals surface area contributed by atoms with Crippen LogP contribution in [0.3, 0.4) is 0 Å². The van der Waals surface area contributed by atoms with E-state index in [0.29, 0.717) is 11.3 Å². The number of nitrogens with two attached hydrogens (primary N) is 1. The first-order valence-electron chi connectivity index (χ1n) is 6.10. The van der Waals surface area contributed by atoms with Crippen LogP contribution in [0.4, 0.5) is 4.39 Å². The van der Waals surface area contributed by atoms with Gasteiger partial charge in [-0.05, 0) is 48.5 Å². The maximum absolute atomic E-state index is 12.7. The van der Waals surface area contributed by atoms with E-state index in [1.165, 1.54) is 24.3 Å². The summed E-state index contributed by atoms with van der Waals surface area (Å²) in [5.74, 6) is -0.224. The predicted molar refractivity (Wildman–Crippen MR) is 74.1 cm³/mol. The lowest BCUT2D eigenvalue weighted by atomic mass is 10.2. The lowest BCUT2D eigenvalue weighted by molar-refractivity contribution is -0.721. The predicted octanol–water partition coefficient (Wildman–Crippen LogP) is 0.392. The highest BCUT2D eigenvalue weighted by Gasteiger charge is 2.11. The van der Waals surface area contributed by atoms with E-state index in [0.717, 1.165) is 0 Å². The van der Waals surface area contributed by atoms with Crippen molar-refractivity contribution in [1.29, 1.82) is 0 Å². The van der Waals surface area contributed by atoms with Crippen LogP contribution in [0.15, 0.2) is 48.5 Å². The molecule has 21 heavy (non-hydrogen) atoms. The molecule has 108 valence electrons. The summed E-state index contributed by atoms with van der Waals surface area (Å²) in [6.07, 6.45) is 0. The summed E-state index contributed by atoms with van der Waals surface area (Å²) in [6.45, 7) is 0. The number of methoxy groups -OCH3 is 1. The number of ether oxygens (including phenoxy) is 1. The third-order valence-corrected chi connectivity index (χ3v) is 2.73. The monoisotopic (exact) mass is 289 g/mol. The Labute approximate surface area is 120 Å². The molecule has 0 atom stereocenters. The third kappa shape index (κ3) is 3.79. The smallest absolute Gasteiger partial charge is 0.387 e. The summed E-state index contributed by atoms with van der Waals surface area (Å²) >= 11 is 0. The first-order valence-corrected chi connectivity index (χ1v) is 6.10. The van der Waals surface area contributed by atoms with E-state index in [-0.39, 0.29) is 11.4 Å². The van der Waals surface area contributed by atoms with Crippen LogP contribution < -0.4 is 15.6 Å². The van der Waals surface area contributed by atoms with Crippen molar-refractivity contribution in [2.75, 3.05) is 7.11 Å². The molecule has 0 fully saturated rings. The van der Waals surface area contributed by atoms with Gasteiger partial charge in [-0.1, -0.05) is 5.16 Å². The lowest BCUT2D eigenvalue weighted by Gasteiger charge is -2.00. The van der Waals surface area contributed by atoms with E-state index < -0.39 is 11.8 Å². The Kier molecular flexibility index (Phi) is 4.50. The summed E-state index contributed by atoms with van der Waals surface area (Å²) in [4.78, 5) is 16.5. The van der Waals surface area contributed by atoms with Gasteiger partial charge in [0.05, 0.1) is 18.2 Å². The van der Waals surface area contributed by atoms with Crippen LogP contribution in [0, 0.1) is 5.82 Å². The van der Waals surface area contributed by atoms with Crippen molar-refractivity contribution in [3.63, 3.8) is 0 Å². The van der Waals surface area contributed by atoms with Crippen molar-refractivity contribution in [2.45, 2.75) is 0 Å². The quantitative estimate of drug-likeness (QED) is 0.369. The summed E-state index contributed by atoms with van der Waals surface area (Å²) in [6, 6.07) is 11.9. The van der Waals surface area contributed by atoms with Crippen molar-refractivity contribution >= 4 is 11.8 Å². The number of amidine groups is 1. The van der Waals surface area contributed by atoms with E-state index in [2.05, 4.69) is 5.16 Å². The molecular weight excluding hydrogens is 275 g/mol. The van der Waals surface area contributed by atoms with E-state index in [4.69, 9.17) is 15.3 Å². The van der Waals surface area contributed by atoms with Gasteiger partial charge in [0.15, 0.2) is 0 Å². The molecule has 6 heteroatoms. The molecule has 0 bridgehead atoms. The average molecular weight is 289 g/mol. The summed E-state index contributed by atoms with van der Waals surface area (Å²) < 4.78 is 17.8.